The number of hydrogen-bond acceptors (Lipinski definition) is 4. The summed E-state index contributed by atoms with van der Waals surface area (Å²) in [5, 5.41) is 4.65. The van der Waals surface area contributed by atoms with Gasteiger partial charge in [0.15, 0.2) is 5.58 Å². The number of fused-ring (bicyclic) bond motifs is 1. The molecule has 2 heterocycles. The van der Waals surface area contributed by atoms with Crippen molar-refractivity contribution in [2.45, 2.75) is 6.54 Å². The van der Waals surface area contributed by atoms with Gasteiger partial charge in [-0.3, -0.25) is 4.79 Å². The van der Waals surface area contributed by atoms with E-state index >= 15 is 0 Å². The Kier molecular flexibility index (Phi) is 2.82. The predicted octanol–water partition coefficient (Wildman–Crippen LogP) is 2.82. The lowest BCUT2D eigenvalue weighted by atomic mass is 10.3. The van der Waals surface area contributed by atoms with E-state index in [4.69, 9.17) is 4.42 Å². The molecular formula is C13H10N2O2S. The number of carbonyl (C=O) groups excluding carboxylic acids is 1. The highest BCUT2D eigenvalue weighted by molar-refractivity contribution is 7.12. The molecule has 3 aromatic rings. The fraction of sp³-hybridized carbons (Fsp3) is 0.0769. The normalized spacial score (nSPS) is 10.7. The molecule has 0 fully saturated rings. The highest BCUT2D eigenvalue weighted by Crippen LogP contribution is 2.14. The van der Waals surface area contributed by atoms with Gasteiger partial charge in [0.1, 0.15) is 5.52 Å². The highest BCUT2D eigenvalue weighted by Gasteiger charge is 2.09. The molecule has 0 bridgehead atoms. The molecule has 18 heavy (non-hydrogen) atoms. The zero-order valence-corrected chi connectivity index (χ0v) is 10.2. The van der Waals surface area contributed by atoms with E-state index in [1.54, 1.807) is 6.07 Å². The SMILES string of the molecule is O=C(NCc1nc2ccccc2o1)c1cccs1. The quantitative estimate of drug-likeness (QED) is 0.786. The van der Waals surface area contributed by atoms with Crippen molar-refractivity contribution >= 4 is 28.3 Å². The van der Waals surface area contributed by atoms with Crippen LogP contribution in [0.25, 0.3) is 11.1 Å². The van der Waals surface area contributed by atoms with Crippen LogP contribution in [-0.4, -0.2) is 10.9 Å². The number of nitrogens with one attached hydrogen (secondary N) is 1. The Hall–Kier alpha value is -2.14. The molecule has 0 aliphatic carbocycles. The number of benzene rings is 1. The topological polar surface area (TPSA) is 55.1 Å². The third kappa shape index (κ3) is 2.12. The molecule has 2 aromatic heterocycles. The van der Waals surface area contributed by atoms with E-state index in [2.05, 4.69) is 10.3 Å². The molecule has 1 aromatic carbocycles. The number of aromatic nitrogens is 1. The third-order valence-corrected chi connectivity index (χ3v) is 3.35. The molecule has 4 nitrogen and oxygen atoms in total. The minimum atomic E-state index is -0.104. The van der Waals surface area contributed by atoms with E-state index < -0.39 is 0 Å². The second-order valence-corrected chi connectivity index (χ2v) is 4.68. The van der Waals surface area contributed by atoms with Crippen LogP contribution in [0.4, 0.5) is 0 Å². The lowest BCUT2D eigenvalue weighted by Gasteiger charge is -1.98. The second kappa shape index (κ2) is 4.62. The predicted molar refractivity (Wildman–Crippen MR) is 69.5 cm³/mol. The number of oxazole rings is 1. The van der Waals surface area contributed by atoms with Crippen molar-refractivity contribution in [3.63, 3.8) is 0 Å². The number of rotatable bonds is 3. The molecule has 0 saturated heterocycles. The van der Waals surface area contributed by atoms with E-state index in [0.29, 0.717) is 17.3 Å². The number of hydrogen-bond donors (Lipinski definition) is 1. The van der Waals surface area contributed by atoms with Gasteiger partial charge in [-0.2, -0.15) is 0 Å². The first-order valence-electron chi connectivity index (χ1n) is 5.49. The Morgan fingerprint density at radius 2 is 2.17 bits per heavy atom. The maximum Gasteiger partial charge on any atom is 0.261 e. The van der Waals surface area contributed by atoms with Crippen LogP contribution < -0.4 is 5.32 Å². The molecule has 0 aliphatic heterocycles. The van der Waals surface area contributed by atoms with Crippen LogP contribution in [0.2, 0.25) is 0 Å². The first kappa shape index (κ1) is 11.0. The van der Waals surface area contributed by atoms with Crippen LogP contribution in [0, 0.1) is 0 Å². The molecule has 0 aliphatic rings. The molecule has 90 valence electrons. The Morgan fingerprint density at radius 3 is 2.94 bits per heavy atom. The fourth-order valence-corrected chi connectivity index (χ4v) is 2.29. The Labute approximate surface area is 107 Å². The molecule has 1 N–H and O–H groups in total. The number of para-hydroxylation sites is 2. The Morgan fingerprint density at radius 1 is 1.28 bits per heavy atom. The van der Waals surface area contributed by atoms with Gasteiger partial charge in [0, 0.05) is 0 Å². The molecule has 5 heteroatoms. The van der Waals surface area contributed by atoms with Crippen LogP contribution >= 0.6 is 11.3 Å². The molecule has 3 rings (SSSR count). The van der Waals surface area contributed by atoms with Crippen molar-refractivity contribution in [3.05, 3.63) is 52.5 Å². The average molecular weight is 258 g/mol. The summed E-state index contributed by atoms with van der Waals surface area (Å²) < 4.78 is 5.51. The van der Waals surface area contributed by atoms with Gasteiger partial charge in [0.2, 0.25) is 5.89 Å². The number of thiophene rings is 1. The fourth-order valence-electron chi connectivity index (χ4n) is 1.65. The molecule has 0 atom stereocenters. The highest BCUT2D eigenvalue weighted by atomic mass is 32.1. The molecule has 0 radical (unpaired) electrons. The van der Waals surface area contributed by atoms with Crippen molar-refractivity contribution in [2.24, 2.45) is 0 Å². The first-order valence-corrected chi connectivity index (χ1v) is 6.37. The van der Waals surface area contributed by atoms with Gasteiger partial charge in [-0.15, -0.1) is 11.3 Å². The summed E-state index contributed by atoms with van der Waals surface area (Å²) >= 11 is 1.41. The van der Waals surface area contributed by atoms with Gasteiger partial charge in [-0.05, 0) is 23.6 Å². The number of nitrogens with zero attached hydrogens (tertiary/aromatic N) is 1. The average Bonchev–Trinajstić information content (AvgIpc) is 3.04. The van der Waals surface area contributed by atoms with Crippen molar-refractivity contribution in [1.29, 1.82) is 0 Å². The minimum Gasteiger partial charge on any atom is -0.439 e. The lowest BCUT2D eigenvalue weighted by molar-refractivity contribution is 0.0951. The molecule has 0 unspecified atom stereocenters. The van der Waals surface area contributed by atoms with E-state index in [1.165, 1.54) is 11.3 Å². The largest absolute Gasteiger partial charge is 0.439 e. The summed E-state index contributed by atoms with van der Waals surface area (Å²) in [6.45, 7) is 0.297. The van der Waals surface area contributed by atoms with Gasteiger partial charge < -0.3 is 9.73 Å². The maximum atomic E-state index is 11.7. The summed E-state index contributed by atoms with van der Waals surface area (Å²) in [5.74, 6) is 0.411. The minimum absolute atomic E-state index is 0.104. The van der Waals surface area contributed by atoms with Gasteiger partial charge >= 0.3 is 0 Å². The standard InChI is InChI=1S/C13H10N2O2S/c16-13(11-6-3-7-18-11)14-8-12-15-9-4-1-2-5-10(9)17-12/h1-7H,8H2,(H,14,16). The van der Waals surface area contributed by atoms with Gasteiger partial charge in [0.05, 0.1) is 11.4 Å². The zero-order chi connectivity index (χ0) is 12.4. The van der Waals surface area contributed by atoms with Crippen LogP contribution in [0.1, 0.15) is 15.6 Å². The van der Waals surface area contributed by atoms with E-state index in [1.807, 2.05) is 35.7 Å². The van der Waals surface area contributed by atoms with Gasteiger partial charge in [-0.25, -0.2) is 4.98 Å². The van der Waals surface area contributed by atoms with E-state index in [9.17, 15) is 4.79 Å². The zero-order valence-electron chi connectivity index (χ0n) is 9.42. The van der Waals surface area contributed by atoms with Gasteiger partial charge in [0.25, 0.3) is 5.91 Å². The Balaban J connectivity index is 1.71. The molecule has 0 saturated carbocycles. The van der Waals surface area contributed by atoms with Gasteiger partial charge in [-0.1, -0.05) is 18.2 Å². The summed E-state index contributed by atoms with van der Waals surface area (Å²) in [4.78, 5) is 16.7. The van der Waals surface area contributed by atoms with E-state index in [-0.39, 0.29) is 5.91 Å². The number of carbonyl (C=O) groups is 1. The van der Waals surface area contributed by atoms with Crippen LogP contribution in [0.3, 0.4) is 0 Å². The van der Waals surface area contributed by atoms with Crippen LogP contribution in [-0.2, 0) is 6.54 Å². The van der Waals surface area contributed by atoms with Crippen molar-refractivity contribution < 1.29 is 9.21 Å². The van der Waals surface area contributed by atoms with Crippen molar-refractivity contribution in [2.75, 3.05) is 0 Å². The van der Waals surface area contributed by atoms with Crippen LogP contribution in [0.5, 0.6) is 0 Å². The summed E-state index contributed by atoms with van der Waals surface area (Å²) in [7, 11) is 0. The lowest BCUT2D eigenvalue weighted by Crippen LogP contribution is -2.21. The maximum absolute atomic E-state index is 11.7. The molecule has 1 amide bonds. The van der Waals surface area contributed by atoms with Crippen LogP contribution in [0.15, 0.2) is 46.2 Å². The molecular weight excluding hydrogens is 248 g/mol. The second-order valence-electron chi connectivity index (χ2n) is 3.74. The molecule has 0 spiro atoms. The Bertz CT molecular complexity index is 640. The first-order chi connectivity index (χ1) is 8.83. The monoisotopic (exact) mass is 258 g/mol. The summed E-state index contributed by atoms with van der Waals surface area (Å²) in [5.41, 5.74) is 1.54. The van der Waals surface area contributed by atoms with E-state index in [0.717, 1.165) is 11.1 Å². The summed E-state index contributed by atoms with van der Waals surface area (Å²) in [6.07, 6.45) is 0. The van der Waals surface area contributed by atoms with Crippen molar-refractivity contribution in [3.8, 4) is 0 Å². The summed E-state index contributed by atoms with van der Waals surface area (Å²) in [6, 6.07) is 11.2. The van der Waals surface area contributed by atoms with Crippen molar-refractivity contribution in [1.82, 2.24) is 10.3 Å². The third-order valence-electron chi connectivity index (χ3n) is 2.48. The smallest absolute Gasteiger partial charge is 0.261 e. The number of amides is 1.